The van der Waals surface area contributed by atoms with Gasteiger partial charge >= 0.3 is 5.97 Å². The first-order valence-corrected chi connectivity index (χ1v) is 7.18. The fourth-order valence-corrected chi connectivity index (χ4v) is 1.79. The monoisotopic (exact) mass is 328 g/mol. The molecule has 2 aromatic carbocycles. The Kier molecular flexibility index (Phi) is 5.95. The van der Waals surface area contributed by atoms with Crippen LogP contribution in [0, 0.1) is 10.1 Å². The van der Waals surface area contributed by atoms with Crippen molar-refractivity contribution in [2.75, 3.05) is 18.5 Å². The Morgan fingerprint density at radius 2 is 1.62 bits per heavy atom. The van der Waals surface area contributed by atoms with Gasteiger partial charge in [-0.2, -0.15) is 10.2 Å². The number of non-ortho nitro benzene ring substituents is 1. The number of ether oxygens (including phenoxy) is 1. The third-order valence-electron chi connectivity index (χ3n) is 2.95. The van der Waals surface area contributed by atoms with E-state index in [1.54, 1.807) is 12.1 Å². The van der Waals surface area contributed by atoms with Crippen LogP contribution in [0.5, 0.6) is 0 Å². The van der Waals surface area contributed by atoms with Crippen LogP contribution in [0.2, 0.25) is 0 Å². The van der Waals surface area contributed by atoms with E-state index < -0.39 is 4.92 Å². The lowest BCUT2D eigenvalue weighted by Gasteiger charge is -2.06. The van der Waals surface area contributed by atoms with Gasteiger partial charge in [-0.15, -0.1) is 0 Å². The minimum atomic E-state index is -0.464. The molecule has 0 atom stereocenters. The van der Waals surface area contributed by atoms with Gasteiger partial charge in [0, 0.05) is 31.3 Å². The van der Waals surface area contributed by atoms with Gasteiger partial charge in [0.15, 0.2) is 0 Å². The van der Waals surface area contributed by atoms with E-state index >= 15 is 0 Å². The Morgan fingerprint density at radius 3 is 2.12 bits per heavy atom. The van der Waals surface area contributed by atoms with E-state index in [1.165, 1.54) is 31.2 Å². The summed E-state index contributed by atoms with van der Waals surface area (Å²) >= 11 is 0. The molecule has 0 fully saturated rings. The third-order valence-corrected chi connectivity index (χ3v) is 2.95. The molecule has 0 unspecified atom stereocenters. The SMILES string of the molecule is CC(=O)OCCNc1ccc(N=Nc2ccc([N+](=O)[O-])cc2)cc1. The van der Waals surface area contributed by atoms with Gasteiger partial charge < -0.3 is 10.1 Å². The molecule has 0 heterocycles. The molecule has 0 spiro atoms. The second-order valence-electron chi connectivity index (χ2n) is 4.79. The number of hydrogen-bond donors (Lipinski definition) is 1. The van der Waals surface area contributed by atoms with Crippen LogP contribution >= 0.6 is 0 Å². The maximum atomic E-state index is 10.6. The largest absolute Gasteiger partial charge is 0.464 e. The fraction of sp³-hybridized carbons (Fsp3) is 0.188. The van der Waals surface area contributed by atoms with Crippen LogP contribution in [0.15, 0.2) is 58.8 Å². The second kappa shape index (κ2) is 8.37. The number of esters is 1. The van der Waals surface area contributed by atoms with Crippen molar-refractivity contribution in [2.45, 2.75) is 6.92 Å². The third kappa shape index (κ3) is 5.48. The summed E-state index contributed by atoms with van der Waals surface area (Å²) in [5, 5.41) is 21.8. The molecule has 24 heavy (non-hydrogen) atoms. The van der Waals surface area contributed by atoms with Crippen molar-refractivity contribution < 1.29 is 14.5 Å². The van der Waals surface area contributed by atoms with E-state index in [0.29, 0.717) is 24.5 Å². The smallest absolute Gasteiger partial charge is 0.302 e. The van der Waals surface area contributed by atoms with Crippen molar-refractivity contribution in [3.8, 4) is 0 Å². The van der Waals surface area contributed by atoms with Crippen LogP contribution in [0.4, 0.5) is 22.7 Å². The quantitative estimate of drug-likeness (QED) is 0.272. The van der Waals surface area contributed by atoms with E-state index in [2.05, 4.69) is 15.5 Å². The summed E-state index contributed by atoms with van der Waals surface area (Å²) in [6.07, 6.45) is 0. The zero-order valence-electron chi connectivity index (χ0n) is 13.0. The van der Waals surface area contributed by atoms with Crippen LogP contribution in [-0.2, 0) is 9.53 Å². The molecule has 0 bridgehead atoms. The molecule has 0 saturated heterocycles. The molecule has 0 aliphatic carbocycles. The summed E-state index contributed by atoms with van der Waals surface area (Å²) < 4.78 is 4.82. The number of carbonyl (C=O) groups excluding carboxylic acids is 1. The molecule has 8 heteroatoms. The molecule has 0 saturated carbocycles. The van der Waals surface area contributed by atoms with E-state index in [9.17, 15) is 14.9 Å². The number of carbonyl (C=O) groups is 1. The second-order valence-corrected chi connectivity index (χ2v) is 4.79. The lowest BCUT2D eigenvalue weighted by molar-refractivity contribution is -0.384. The van der Waals surface area contributed by atoms with E-state index in [-0.39, 0.29) is 11.7 Å². The van der Waals surface area contributed by atoms with Crippen molar-refractivity contribution >= 4 is 28.7 Å². The summed E-state index contributed by atoms with van der Waals surface area (Å²) in [7, 11) is 0. The van der Waals surface area contributed by atoms with Crippen molar-refractivity contribution in [3.63, 3.8) is 0 Å². The zero-order chi connectivity index (χ0) is 17.4. The standard InChI is InChI=1S/C16H16N4O4/c1-12(21)24-11-10-17-13-2-4-14(5-3-13)18-19-15-6-8-16(9-7-15)20(22)23/h2-9,17H,10-11H2,1H3. The summed E-state index contributed by atoms with van der Waals surface area (Å²) in [4.78, 5) is 20.7. The van der Waals surface area contributed by atoms with Gasteiger partial charge in [-0.3, -0.25) is 14.9 Å². The topological polar surface area (TPSA) is 106 Å². The molecule has 0 aliphatic rings. The zero-order valence-corrected chi connectivity index (χ0v) is 13.0. The van der Waals surface area contributed by atoms with Gasteiger partial charge in [-0.1, -0.05) is 0 Å². The number of nitrogens with zero attached hydrogens (tertiary/aromatic N) is 3. The average molecular weight is 328 g/mol. The first-order valence-electron chi connectivity index (χ1n) is 7.18. The highest BCUT2D eigenvalue weighted by atomic mass is 16.6. The first-order chi connectivity index (χ1) is 11.5. The van der Waals surface area contributed by atoms with Crippen LogP contribution in [0.1, 0.15) is 6.92 Å². The number of rotatable bonds is 7. The number of nitro groups is 1. The number of nitro benzene ring substituents is 1. The molecule has 0 amide bonds. The molecular weight excluding hydrogens is 312 g/mol. The predicted molar refractivity (Wildman–Crippen MR) is 88.8 cm³/mol. The van der Waals surface area contributed by atoms with Crippen molar-refractivity contribution in [2.24, 2.45) is 10.2 Å². The van der Waals surface area contributed by atoms with Crippen LogP contribution in [0.3, 0.4) is 0 Å². The highest BCUT2D eigenvalue weighted by Crippen LogP contribution is 2.22. The van der Waals surface area contributed by atoms with Gasteiger partial charge in [0.25, 0.3) is 5.69 Å². The molecule has 0 radical (unpaired) electrons. The number of hydrogen-bond acceptors (Lipinski definition) is 7. The normalized spacial score (nSPS) is 10.5. The number of azo groups is 1. The minimum absolute atomic E-state index is 0.0122. The Balaban J connectivity index is 1.88. The van der Waals surface area contributed by atoms with E-state index in [0.717, 1.165) is 5.69 Å². The Morgan fingerprint density at radius 1 is 1.08 bits per heavy atom. The van der Waals surface area contributed by atoms with Crippen LogP contribution < -0.4 is 5.32 Å². The van der Waals surface area contributed by atoms with Crippen molar-refractivity contribution in [3.05, 3.63) is 58.6 Å². The van der Waals surface area contributed by atoms with E-state index in [4.69, 9.17) is 4.74 Å². The molecule has 0 aromatic heterocycles. The molecule has 124 valence electrons. The summed E-state index contributed by atoms with van der Waals surface area (Å²) in [5.74, 6) is -0.307. The van der Waals surface area contributed by atoms with Crippen molar-refractivity contribution in [1.29, 1.82) is 0 Å². The molecule has 2 aromatic rings. The van der Waals surface area contributed by atoms with Gasteiger partial charge in [-0.25, -0.2) is 0 Å². The van der Waals surface area contributed by atoms with Gasteiger partial charge in [0.05, 0.1) is 16.3 Å². The van der Waals surface area contributed by atoms with Crippen molar-refractivity contribution in [1.82, 2.24) is 0 Å². The van der Waals surface area contributed by atoms with Gasteiger partial charge in [0.2, 0.25) is 0 Å². The van der Waals surface area contributed by atoms with Crippen LogP contribution in [0.25, 0.3) is 0 Å². The fourth-order valence-electron chi connectivity index (χ4n) is 1.79. The highest BCUT2D eigenvalue weighted by Gasteiger charge is 2.03. The lowest BCUT2D eigenvalue weighted by Crippen LogP contribution is -2.11. The number of nitrogens with one attached hydrogen (secondary N) is 1. The minimum Gasteiger partial charge on any atom is -0.464 e. The number of anilines is 1. The average Bonchev–Trinajstić information content (AvgIpc) is 2.58. The molecule has 2 rings (SSSR count). The van der Waals surface area contributed by atoms with E-state index in [1.807, 2.05) is 12.1 Å². The molecule has 1 N–H and O–H groups in total. The van der Waals surface area contributed by atoms with Gasteiger partial charge in [0.1, 0.15) is 6.61 Å². The maximum absolute atomic E-state index is 10.6. The summed E-state index contributed by atoms with van der Waals surface area (Å²) in [5.41, 5.74) is 2.07. The first kappa shape index (κ1) is 17.1. The molecular formula is C16H16N4O4. The number of benzene rings is 2. The maximum Gasteiger partial charge on any atom is 0.302 e. The van der Waals surface area contributed by atoms with Crippen LogP contribution in [-0.4, -0.2) is 24.0 Å². The predicted octanol–water partition coefficient (Wildman–Crippen LogP) is 3.99. The Hall–Kier alpha value is -3.29. The molecule has 0 aliphatic heterocycles. The highest BCUT2D eigenvalue weighted by molar-refractivity contribution is 5.65. The summed E-state index contributed by atoms with van der Waals surface area (Å²) in [6, 6.07) is 13.1. The lowest BCUT2D eigenvalue weighted by atomic mass is 10.3. The van der Waals surface area contributed by atoms with Gasteiger partial charge in [-0.05, 0) is 36.4 Å². The molecule has 8 nitrogen and oxygen atoms in total. The Labute approximate surface area is 138 Å². The Bertz CT molecular complexity index is 727. The summed E-state index contributed by atoms with van der Waals surface area (Å²) in [6.45, 7) is 2.19.